The maximum absolute atomic E-state index is 13.1. The van der Waals surface area contributed by atoms with E-state index in [0.717, 1.165) is 21.4 Å². The van der Waals surface area contributed by atoms with Gasteiger partial charge in [-0.3, -0.25) is 9.69 Å². The van der Waals surface area contributed by atoms with Crippen molar-refractivity contribution in [2.75, 3.05) is 4.90 Å². The number of amides is 1. The van der Waals surface area contributed by atoms with Crippen LogP contribution in [0.4, 0.5) is 11.4 Å². The Morgan fingerprint density at radius 2 is 1.46 bits per heavy atom. The zero-order chi connectivity index (χ0) is 17.9. The molecule has 0 spiro atoms. The first-order valence-corrected chi connectivity index (χ1v) is 9.28. The third kappa shape index (κ3) is 3.33. The second kappa shape index (κ2) is 7.26. The second-order valence-corrected chi connectivity index (χ2v) is 7.09. The fourth-order valence-corrected chi connectivity index (χ4v) is 3.50. The summed E-state index contributed by atoms with van der Waals surface area (Å²) < 4.78 is 1.02. The highest BCUT2D eigenvalue weighted by Crippen LogP contribution is 2.37. The predicted molar refractivity (Wildman–Crippen MR) is 109 cm³/mol. The maximum atomic E-state index is 13.1. The van der Waals surface area contributed by atoms with Crippen LogP contribution in [0.5, 0.6) is 0 Å². The number of carbonyl (C=O) groups is 1. The lowest BCUT2D eigenvalue weighted by Crippen LogP contribution is -2.29. The third-order valence-electron chi connectivity index (χ3n) is 4.47. The molecule has 0 N–H and O–H groups in total. The SMILES string of the molecule is O=C1C(=Nc2ccccc2)CC(c2ccc(Br)cc2)N1c1ccccc1. The number of para-hydroxylation sites is 2. The van der Waals surface area contributed by atoms with Crippen molar-refractivity contribution in [1.29, 1.82) is 0 Å². The van der Waals surface area contributed by atoms with E-state index in [4.69, 9.17) is 0 Å². The fraction of sp³-hybridized carbons (Fsp3) is 0.0909. The molecular formula is C22H17BrN2O. The molecule has 0 aliphatic carbocycles. The van der Waals surface area contributed by atoms with Crippen LogP contribution in [-0.4, -0.2) is 11.6 Å². The number of rotatable bonds is 3. The lowest BCUT2D eigenvalue weighted by atomic mass is 10.0. The van der Waals surface area contributed by atoms with Crippen LogP contribution >= 0.6 is 15.9 Å². The van der Waals surface area contributed by atoms with E-state index in [-0.39, 0.29) is 11.9 Å². The van der Waals surface area contributed by atoms with Crippen molar-refractivity contribution < 1.29 is 4.79 Å². The first-order valence-electron chi connectivity index (χ1n) is 8.49. The Kier molecular flexibility index (Phi) is 4.67. The Labute approximate surface area is 161 Å². The molecule has 0 saturated carbocycles. The largest absolute Gasteiger partial charge is 0.299 e. The highest BCUT2D eigenvalue weighted by molar-refractivity contribution is 9.10. The summed E-state index contributed by atoms with van der Waals surface area (Å²) >= 11 is 3.48. The summed E-state index contributed by atoms with van der Waals surface area (Å²) in [6, 6.07) is 27.5. The molecule has 3 aromatic carbocycles. The Bertz CT molecular complexity index is 937. The van der Waals surface area contributed by atoms with Gasteiger partial charge < -0.3 is 0 Å². The van der Waals surface area contributed by atoms with Gasteiger partial charge in [0.1, 0.15) is 5.71 Å². The summed E-state index contributed by atoms with van der Waals surface area (Å²) in [6.07, 6.45) is 0.588. The van der Waals surface area contributed by atoms with E-state index in [1.54, 1.807) is 0 Å². The van der Waals surface area contributed by atoms with Crippen molar-refractivity contribution in [1.82, 2.24) is 0 Å². The van der Waals surface area contributed by atoms with E-state index in [9.17, 15) is 4.79 Å². The van der Waals surface area contributed by atoms with Crippen LogP contribution < -0.4 is 4.90 Å². The molecule has 1 unspecified atom stereocenters. The molecule has 3 aromatic rings. The number of benzene rings is 3. The van der Waals surface area contributed by atoms with Crippen LogP contribution in [0, 0.1) is 0 Å². The van der Waals surface area contributed by atoms with Gasteiger partial charge in [0.2, 0.25) is 0 Å². The topological polar surface area (TPSA) is 32.7 Å². The average molecular weight is 405 g/mol. The number of hydrogen-bond acceptors (Lipinski definition) is 2. The van der Waals surface area contributed by atoms with Gasteiger partial charge in [0.15, 0.2) is 0 Å². The minimum Gasteiger partial charge on any atom is -0.299 e. The van der Waals surface area contributed by atoms with Crippen LogP contribution in [0.3, 0.4) is 0 Å². The van der Waals surface area contributed by atoms with Crippen molar-refractivity contribution in [2.45, 2.75) is 12.5 Å². The highest BCUT2D eigenvalue weighted by Gasteiger charge is 2.38. The van der Waals surface area contributed by atoms with Crippen molar-refractivity contribution in [3.8, 4) is 0 Å². The minimum atomic E-state index is -0.0551. The molecule has 1 amide bonds. The molecule has 128 valence electrons. The molecule has 1 aliphatic rings. The maximum Gasteiger partial charge on any atom is 0.273 e. The van der Waals surface area contributed by atoms with Gasteiger partial charge in [0.05, 0.1) is 11.7 Å². The van der Waals surface area contributed by atoms with Crippen molar-refractivity contribution in [3.05, 3.63) is 95.0 Å². The second-order valence-electron chi connectivity index (χ2n) is 6.18. The molecule has 1 atom stereocenters. The molecule has 0 bridgehead atoms. The summed E-state index contributed by atoms with van der Waals surface area (Å²) in [5, 5.41) is 0. The van der Waals surface area contributed by atoms with Crippen LogP contribution in [0.25, 0.3) is 0 Å². The summed E-state index contributed by atoms with van der Waals surface area (Å²) in [5.41, 5.74) is 3.39. The zero-order valence-corrected chi connectivity index (χ0v) is 15.6. The van der Waals surface area contributed by atoms with Crippen LogP contribution in [0.1, 0.15) is 18.0 Å². The number of anilines is 1. The molecule has 0 radical (unpaired) electrons. The Hall–Kier alpha value is -2.72. The lowest BCUT2D eigenvalue weighted by Gasteiger charge is -2.24. The lowest BCUT2D eigenvalue weighted by molar-refractivity contribution is -0.112. The van der Waals surface area contributed by atoms with Gasteiger partial charge in [-0.05, 0) is 42.0 Å². The normalized spacial score (nSPS) is 18.5. The van der Waals surface area contributed by atoms with Gasteiger partial charge in [-0.1, -0.05) is 64.5 Å². The molecular weight excluding hydrogens is 388 g/mol. The van der Waals surface area contributed by atoms with E-state index in [2.05, 4.69) is 33.1 Å². The Morgan fingerprint density at radius 1 is 0.846 bits per heavy atom. The van der Waals surface area contributed by atoms with Gasteiger partial charge in [-0.15, -0.1) is 0 Å². The molecule has 1 saturated heterocycles. The van der Waals surface area contributed by atoms with Crippen LogP contribution in [0.2, 0.25) is 0 Å². The average Bonchev–Trinajstić information content (AvgIpc) is 3.00. The van der Waals surface area contributed by atoms with E-state index < -0.39 is 0 Å². The quantitative estimate of drug-likeness (QED) is 0.550. The smallest absolute Gasteiger partial charge is 0.273 e. The molecule has 0 aromatic heterocycles. The van der Waals surface area contributed by atoms with Gasteiger partial charge in [-0.2, -0.15) is 0 Å². The molecule has 26 heavy (non-hydrogen) atoms. The van der Waals surface area contributed by atoms with Gasteiger partial charge in [0.25, 0.3) is 5.91 Å². The minimum absolute atomic E-state index is 0.0343. The first-order chi connectivity index (χ1) is 12.7. The molecule has 1 fully saturated rings. The van der Waals surface area contributed by atoms with E-state index >= 15 is 0 Å². The van der Waals surface area contributed by atoms with E-state index in [1.165, 1.54) is 0 Å². The molecule has 3 nitrogen and oxygen atoms in total. The molecule has 4 heteroatoms. The predicted octanol–water partition coefficient (Wildman–Crippen LogP) is 5.70. The number of aliphatic imine (C=N–C) groups is 1. The first kappa shape index (κ1) is 16.7. The van der Waals surface area contributed by atoms with E-state index in [1.807, 2.05) is 77.7 Å². The third-order valence-corrected chi connectivity index (χ3v) is 5.00. The monoisotopic (exact) mass is 404 g/mol. The number of nitrogens with zero attached hydrogens (tertiary/aromatic N) is 2. The molecule has 1 heterocycles. The van der Waals surface area contributed by atoms with Gasteiger partial charge in [-0.25, -0.2) is 4.99 Å². The van der Waals surface area contributed by atoms with Crippen molar-refractivity contribution in [3.63, 3.8) is 0 Å². The number of hydrogen-bond donors (Lipinski definition) is 0. The summed E-state index contributed by atoms with van der Waals surface area (Å²) in [6.45, 7) is 0. The molecule has 1 aliphatic heterocycles. The highest BCUT2D eigenvalue weighted by atomic mass is 79.9. The van der Waals surface area contributed by atoms with Crippen LogP contribution in [0.15, 0.2) is 94.4 Å². The number of carbonyl (C=O) groups excluding carboxylic acids is 1. The summed E-state index contributed by atoms with van der Waals surface area (Å²) in [4.78, 5) is 19.6. The van der Waals surface area contributed by atoms with Crippen molar-refractivity contribution >= 4 is 38.9 Å². The zero-order valence-electron chi connectivity index (χ0n) is 14.0. The number of halogens is 1. The summed E-state index contributed by atoms with van der Waals surface area (Å²) in [5.74, 6) is -0.0343. The Balaban J connectivity index is 1.76. The fourth-order valence-electron chi connectivity index (χ4n) is 3.23. The standard InChI is InChI=1S/C22H17BrN2O/c23-17-13-11-16(12-14-17)21-15-20(24-18-7-3-1-4-8-18)22(26)25(21)19-9-5-2-6-10-19/h1-14,21H,15H2. The van der Waals surface area contributed by atoms with Crippen LogP contribution in [-0.2, 0) is 4.79 Å². The summed E-state index contributed by atoms with van der Waals surface area (Å²) in [7, 11) is 0. The van der Waals surface area contributed by atoms with Gasteiger partial charge >= 0.3 is 0 Å². The Morgan fingerprint density at radius 3 is 2.12 bits per heavy atom. The van der Waals surface area contributed by atoms with Gasteiger partial charge in [0, 0.05) is 16.6 Å². The van der Waals surface area contributed by atoms with E-state index in [0.29, 0.717) is 12.1 Å². The molecule has 4 rings (SSSR count). The van der Waals surface area contributed by atoms with Crippen molar-refractivity contribution in [2.24, 2.45) is 4.99 Å².